The molecule has 0 heterocycles. The standard InChI is InChI=1S/C18H36O5Si/c1-11-15(19)20-13-12-14-24(21-16(2,3)4,22-17(5,6)7)23-18(8,9)10/h11H,1,12-14H2,2-10H3. The Morgan fingerprint density at radius 3 is 1.54 bits per heavy atom. The van der Waals surface area contributed by atoms with E-state index < -0.39 is 31.6 Å². The molecule has 0 saturated carbocycles. The summed E-state index contributed by atoms with van der Waals surface area (Å²) in [6, 6.07) is 0.573. The fraction of sp³-hybridized carbons (Fsp3) is 0.833. The number of esters is 1. The van der Waals surface area contributed by atoms with Crippen molar-refractivity contribution in [1.82, 2.24) is 0 Å². The Morgan fingerprint density at radius 2 is 1.25 bits per heavy atom. The van der Waals surface area contributed by atoms with E-state index in [-0.39, 0.29) is 6.61 Å². The second-order valence-corrected chi connectivity index (χ2v) is 11.3. The molecule has 0 rings (SSSR count). The van der Waals surface area contributed by atoms with Gasteiger partial charge in [0, 0.05) is 12.1 Å². The van der Waals surface area contributed by atoms with Gasteiger partial charge in [0.1, 0.15) is 0 Å². The van der Waals surface area contributed by atoms with Crippen LogP contribution < -0.4 is 0 Å². The quantitative estimate of drug-likeness (QED) is 0.276. The van der Waals surface area contributed by atoms with Crippen LogP contribution in [0, 0.1) is 0 Å². The molecule has 0 radical (unpaired) electrons. The summed E-state index contributed by atoms with van der Waals surface area (Å²) in [5.74, 6) is -0.424. The molecule has 0 unspecified atom stereocenters. The molecule has 0 aromatic heterocycles. The molecule has 6 heteroatoms. The fourth-order valence-electron chi connectivity index (χ4n) is 2.14. The average Bonchev–Trinajstić information content (AvgIpc) is 2.27. The van der Waals surface area contributed by atoms with E-state index in [0.29, 0.717) is 12.5 Å². The third-order valence-corrected chi connectivity index (χ3v) is 6.16. The maximum Gasteiger partial charge on any atom is 0.502 e. The molecule has 0 saturated heterocycles. The molecule has 24 heavy (non-hydrogen) atoms. The number of carbonyl (C=O) groups excluding carboxylic acids is 1. The lowest BCUT2D eigenvalue weighted by atomic mass is 10.2. The van der Waals surface area contributed by atoms with Gasteiger partial charge in [-0.15, -0.1) is 0 Å². The molecular formula is C18H36O5Si. The van der Waals surface area contributed by atoms with E-state index in [1.54, 1.807) is 0 Å². The van der Waals surface area contributed by atoms with Crippen molar-refractivity contribution in [2.75, 3.05) is 6.61 Å². The van der Waals surface area contributed by atoms with Crippen molar-refractivity contribution in [1.29, 1.82) is 0 Å². The molecule has 0 aromatic carbocycles. The molecule has 0 amide bonds. The summed E-state index contributed by atoms with van der Waals surface area (Å²) in [5, 5.41) is 0. The number of hydrogen-bond donors (Lipinski definition) is 0. The first-order chi connectivity index (χ1) is 10.6. The van der Waals surface area contributed by atoms with Gasteiger partial charge in [0.2, 0.25) is 0 Å². The summed E-state index contributed by atoms with van der Waals surface area (Å²) in [6.07, 6.45) is 1.77. The van der Waals surface area contributed by atoms with Gasteiger partial charge in [-0.25, -0.2) is 4.79 Å². The molecule has 0 aliphatic carbocycles. The molecule has 0 N–H and O–H groups in total. The minimum absolute atomic E-state index is 0.286. The van der Waals surface area contributed by atoms with Crippen molar-refractivity contribution in [2.24, 2.45) is 0 Å². The first-order valence-corrected chi connectivity index (χ1v) is 10.4. The van der Waals surface area contributed by atoms with Crippen molar-refractivity contribution in [3.8, 4) is 0 Å². The molecule has 0 bridgehead atoms. The lowest BCUT2D eigenvalue weighted by Crippen LogP contribution is -2.57. The predicted molar refractivity (Wildman–Crippen MR) is 98.8 cm³/mol. The van der Waals surface area contributed by atoms with Crippen molar-refractivity contribution in [3.63, 3.8) is 0 Å². The van der Waals surface area contributed by atoms with Crippen LogP contribution in [0.5, 0.6) is 0 Å². The van der Waals surface area contributed by atoms with Crippen LogP contribution in [-0.4, -0.2) is 38.2 Å². The van der Waals surface area contributed by atoms with Crippen LogP contribution in [0.15, 0.2) is 12.7 Å². The monoisotopic (exact) mass is 360 g/mol. The lowest BCUT2D eigenvalue weighted by molar-refractivity contribution is -0.138. The van der Waals surface area contributed by atoms with Gasteiger partial charge in [-0.2, -0.15) is 0 Å². The normalized spacial score (nSPS) is 13.7. The highest BCUT2D eigenvalue weighted by Crippen LogP contribution is 2.32. The van der Waals surface area contributed by atoms with Crippen LogP contribution in [-0.2, 0) is 22.8 Å². The summed E-state index contributed by atoms with van der Waals surface area (Å²) in [4.78, 5) is 11.2. The number of carbonyl (C=O) groups is 1. The maximum absolute atomic E-state index is 11.2. The van der Waals surface area contributed by atoms with Gasteiger partial charge in [0.25, 0.3) is 0 Å². The highest BCUT2D eigenvalue weighted by molar-refractivity contribution is 6.61. The fourth-order valence-corrected chi connectivity index (χ4v) is 5.94. The zero-order valence-corrected chi connectivity index (χ0v) is 17.9. The van der Waals surface area contributed by atoms with Crippen LogP contribution in [0.25, 0.3) is 0 Å². The second-order valence-electron chi connectivity index (χ2n) is 8.80. The minimum Gasteiger partial charge on any atom is -0.463 e. The molecule has 142 valence electrons. The van der Waals surface area contributed by atoms with Crippen molar-refractivity contribution < 1.29 is 22.8 Å². The zero-order valence-electron chi connectivity index (χ0n) is 16.9. The third-order valence-electron chi connectivity index (χ3n) is 2.42. The SMILES string of the molecule is C=CC(=O)OCCC[Si](OC(C)(C)C)(OC(C)(C)C)OC(C)(C)C. The summed E-state index contributed by atoms with van der Waals surface area (Å²) >= 11 is 0. The third kappa shape index (κ3) is 11.8. The van der Waals surface area contributed by atoms with Gasteiger partial charge in [0.15, 0.2) is 0 Å². The highest BCUT2D eigenvalue weighted by atomic mass is 28.4. The Balaban J connectivity index is 5.30. The molecule has 0 aliphatic rings. The van der Waals surface area contributed by atoms with E-state index in [0.717, 1.165) is 6.08 Å². The van der Waals surface area contributed by atoms with Gasteiger partial charge < -0.3 is 18.0 Å². The van der Waals surface area contributed by atoms with Gasteiger partial charge in [-0.1, -0.05) is 6.58 Å². The van der Waals surface area contributed by atoms with E-state index in [4.69, 9.17) is 18.0 Å². The average molecular weight is 361 g/mol. The number of ether oxygens (including phenoxy) is 1. The van der Waals surface area contributed by atoms with Crippen molar-refractivity contribution >= 4 is 14.8 Å². The Kier molecular flexibility index (Phi) is 8.36. The molecule has 0 aromatic rings. The number of hydrogen-bond acceptors (Lipinski definition) is 5. The van der Waals surface area contributed by atoms with Crippen LogP contribution in [0.3, 0.4) is 0 Å². The van der Waals surface area contributed by atoms with Crippen LogP contribution in [0.2, 0.25) is 6.04 Å². The Morgan fingerprint density at radius 1 is 0.875 bits per heavy atom. The molecule has 0 aliphatic heterocycles. The Bertz CT molecular complexity index is 372. The summed E-state index contributed by atoms with van der Waals surface area (Å²) < 4.78 is 24.1. The van der Waals surface area contributed by atoms with Crippen LogP contribution in [0.4, 0.5) is 0 Å². The maximum atomic E-state index is 11.2. The highest BCUT2D eigenvalue weighted by Gasteiger charge is 2.49. The molecule has 0 spiro atoms. The Hall–Kier alpha value is -0.693. The van der Waals surface area contributed by atoms with E-state index in [9.17, 15) is 4.79 Å². The van der Waals surface area contributed by atoms with Crippen molar-refractivity contribution in [3.05, 3.63) is 12.7 Å². The first-order valence-electron chi connectivity index (χ1n) is 8.47. The molecule has 0 fully saturated rings. The predicted octanol–water partition coefficient (Wildman–Crippen LogP) is 4.49. The van der Waals surface area contributed by atoms with Crippen LogP contribution in [0.1, 0.15) is 68.7 Å². The van der Waals surface area contributed by atoms with E-state index in [1.807, 2.05) is 62.3 Å². The van der Waals surface area contributed by atoms with Gasteiger partial charge in [-0.3, -0.25) is 0 Å². The second kappa shape index (κ2) is 8.60. The smallest absolute Gasteiger partial charge is 0.463 e. The van der Waals surface area contributed by atoms with E-state index in [2.05, 4.69) is 6.58 Å². The van der Waals surface area contributed by atoms with Crippen molar-refractivity contribution in [2.45, 2.75) is 91.6 Å². The Labute approximate surface area is 149 Å². The molecule has 0 atom stereocenters. The first kappa shape index (κ1) is 23.3. The van der Waals surface area contributed by atoms with Gasteiger partial charge in [-0.05, 0) is 68.7 Å². The van der Waals surface area contributed by atoms with Gasteiger partial charge >= 0.3 is 14.8 Å². The minimum atomic E-state index is -3.00. The summed E-state index contributed by atoms with van der Waals surface area (Å²) in [7, 11) is -3.00. The largest absolute Gasteiger partial charge is 0.502 e. The van der Waals surface area contributed by atoms with E-state index in [1.165, 1.54) is 0 Å². The zero-order chi connectivity index (χ0) is 19.2. The van der Waals surface area contributed by atoms with Crippen LogP contribution >= 0.6 is 0 Å². The topological polar surface area (TPSA) is 54.0 Å². The van der Waals surface area contributed by atoms with Gasteiger partial charge in [0.05, 0.1) is 23.4 Å². The van der Waals surface area contributed by atoms with E-state index >= 15 is 0 Å². The number of rotatable bonds is 8. The summed E-state index contributed by atoms with van der Waals surface area (Å²) in [5.41, 5.74) is -1.21. The molecule has 5 nitrogen and oxygen atoms in total. The lowest BCUT2D eigenvalue weighted by Gasteiger charge is -2.43. The molecular weight excluding hydrogens is 324 g/mol. The summed E-state index contributed by atoms with van der Waals surface area (Å²) in [6.45, 7) is 21.6.